The Morgan fingerprint density at radius 2 is 1.92 bits per heavy atom. The Morgan fingerprint density at radius 1 is 1.24 bits per heavy atom. The fourth-order valence-electron chi connectivity index (χ4n) is 3.12. The summed E-state index contributed by atoms with van der Waals surface area (Å²) >= 11 is 8.40. The molecule has 0 amide bonds. The zero-order chi connectivity index (χ0) is 18.4. The molecule has 2 aromatic rings. The monoisotopic (exact) mass is 494 g/mol. The van der Waals surface area contributed by atoms with Gasteiger partial charge in [0.15, 0.2) is 11.5 Å². The lowest BCUT2D eigenvalue weighted by Crippen LogP contribution is -2.34. The molecule has 9 heteroatoms. The molecule has 134 valence electrons. The number of sulfonamides is 1. The number of rotatable bonds is 2. The Kier molecular flexibility index (Phi) is 4.93. The molecule has 2 aromatic carbocycles. The smallest absolute Gasteiger partial charge is 0.238 e. The average Bonchev–Trinajstić information content (AvgIpc) is 2.73. The summed E-state index contributed by atoms with van der Waals surface area (Å²) in [4.78, 5) is 0.0164. The van der Waals surface area contributed by atoms with Gasteiger partial charge >= 0.3 is 0 Å². The van der Waals surface area contributed by atoms with Crippen LogP contribution in [0.15, 0.2) is 35.2 Å². The quantitative estimate of drug-likeness (QED) is 0.291. The Morgan fingerprint density at radius 3 is 2.60 bits per heavy atom. The standard InChI is InChI=1S/C16H16ClIN2O4S/c17-14-9-5-6-20-8-16(18,11(9)7-12(21)15(14)22)10-3-1-2-4-13(10)25(19,23)24/h1-4,7,20-22H,5-6,8H2,(H2,19,23,24). The van der Waals surface area contributed by atoms with E-state index in [4.69, 9.17) is 16.7 Å². The zero-order valence-electron chi connectivity index (χ0n) is 13.0. The van der Waals surface area contributed by atoms with E-state index in [1.54, 1.807) is 18.2 Å². The minimum atomic E-state index is -3.94. The SMILES string of the molecule is NS(=O)(=O)c1ccccc1C1(I)CNCCc2c1cc(O)c(O)c2Cl. The van der Waals surface area contributed by atoms with E-state index >= 15 is 0 Å². The highest BCUT2D eigenvalue weighted by Crippen LogP contribution is 2.49. The van der Waals surface area contributed by atoms with Gasteiger partial charge in [-0.2, -0.15) is 0 Å². The number of fused-ring (bicyclic) bond motifs is 1. The van der Waals surface area contributed by atoms with Crippen LogP contribution in [0.1, 0.15) is 16.7 Å². The number of hydrogen-bond donors (Lipinski definition) is 4. The summed E-state index contributed by atoms with van der Waals surface area (Å²) in [5.41, 5.74) is 1.81. The lowest BCUT2D eigenvalue weighted by atomic mass is 9.87. The Labute approximate surface area is 164 Å². The third-order valence-electron chi connectivity index (χ3n) is 4.29. The van der Waals surface area contributed by atoms with Crippen molar-refractivity contribution in [3.05, 3.63) is 52.0 Å². The topological polar surface area (TPSA) is 113 Å². The van der Waals surface area contributed by atoms with Crippen molar-refractivity contribution in [1.82, 2.24) is 5.32 Å². The molecule has 5 N–H and O–H groups in total. The molecule has 0 aromatic heterocycles. The van der Waals surface area contributed by atoms with Gasteiger partial charge in [0, 0.05) is 6.54 Å². The summed E-state index contributed by atoms with van der Waals surface area (Å²) < 4.78 is 23.3. The van der Waals surface area contributed by atoms with Crippen molar-refractivity contribution in [2.24, 2.45) is 5.14 Å². The second-order valence-corrected chi connectivity index (χ2v) is 9.60. The van der Waals surface area contributed by atoms with Crippen molar-refractivity contribution in [2.75, 3.05) is 13.1 Å². The molecule has 1 heterocycles. The largest absolute Gasteiger partial charge is 0.504 e. The van der Waals surface area contributed by atoms with E-state index in [2.05, 4.69) is 27.9 Å². The molecule has 0 spiro atoms. The van der Waals surface area contributed by atoms with Crippen LogP contribution in [0.2, 0.25) is 5.02 Å². The fourth-order valence-corrected chi connectivity index (χ4v) is 5.63. The van der Waals surface area contributed by atoms with Gasteiger partial charge < -0.3 is 15.5 Å². The fraction of sp³-hybridized carbons (Fsp3) is 0.250. The maximum absolute atomic E-state index is 12.1. The molecule has 0 saturated heterocycles. The Balaban J connectivity index is 2.36. The number of nitrogens with two attached hydrogens (primary N) is 1. The van der Waals surface area contributed by atoms with Gasteiger partial charge in [-0.25, -0.2) is 13.6 Å². The number of aromatic hydroxyl groups is 2. The van der Waals surface area contributed by atoms with E-state index in [0.717, 1.165) is 0 Å². The van der Waals surface area contributed by atoms with Gasteiger partial charge in [0.2, 0.25) is 10.0 Å². The van der Waals surface area contributed by atoms with E-state index in [1.807, 2.05) is 0 Å². The van der Waals surface area contributed by atoms with Crippen LogP contribution < -0.4 is 10.5 Å². The number of phenolic OH excluding ortho intramolecular Hbond substituents is 2. The molecule has 25 heavy (non-hydrogen) atoms. The molecule has 0 saturated carbocycles. The summed E-state index contributed by atoms with van der Waals surface area (Å²) in [7, 11) is -3.94. The van der Waals surface area contributed by atoms with Crippen molar-refractivity contribution in [2.45, 2.75) is 14.7 Å². The molecule has 3 rings (SSSR count). The molecule has 1 unspecified atom stereocenters. The summed E-state index contributed by atoms with van der Waals surface area (Å²) in [6.45, 7) is 1.01. The third-order valence-corrected chi connectivity index (χ3v) is 7.21. The summed E-state index contributed by atoms with van der Waals surface area (Å²) in [5.74, 6) is -0.722. The van der Waals surface area contributed by atoms with E-state index in [1.165, 1.54) is 12.1 Å². The second-order valence-electron chi connectivity index (χ2n) is 5.85. The number of hydrogen-bond acceptors (Lipinski definition) is 5. The molecular weight excluding hydrogens is 479 g/mol. The van der Waals surface area contributed by atoms with Crippen molar-refractivity contribution in [1.29, 1.82) is 0 Å². The predicted molar refractivity (Wildman–Crippen MR) is 104 cm³/mol. The van der Waals surface area contributed by atoms with E-state index in [-0.39, 0.29) is 21.4 Å². The molecule has 0 aliphatic carbocycles. The lowest BCUT2D eigenvalue weighted by Gasteiger charge is -2.31. The first-order valence-electron chi connectivity index (χ1n) is 7.42. The average molecular weight is 495 g/mol. The molecule has 0 radical (unpaired) electrons. The first kappa shape index (κ1) is 18.7. The van der Waals surface area contributed by atoms with E-state index in [9.17, 15) is 18.6 Å². The zero-order valence-corrected chi connectivity index (χ0v) is 16.7. The highest BCUT2D eigenvalue weighted by molar-refractivity contribution is 14.1. The van der Waals surface area contributed by atoms with E-state index < -0.39 is 13.4 Å². The van der Waals surface area contributed by atoms with Crippen molar-refractivity contribution in [3.8, 4) is 11.5 Å². The van der Waals surface area contributed by atoms with Gasteiger partial charge in [-0.3, -0.25) is 0 Å². The predicted octanol–water partition coefficient (Wildman–Crippen LogP) is 2.22. The Bertz CT molecular complexity index is 951. The molecule has 1 aliphatic heterocycles. The van der Waals surface area contributed by atoms with Gasteiger partial charge in [0.25, 0.3) is 0 Å². The molecule has 1 atom stereocenters. The number of benzene rings is 2. The van der Waals surface area contributed by atoms with Crippen LogP contribution in [0.3, 0.4) is 0 Å². The molecule has 6 nitrogen and oxygen atoms in total. The molecular formula is C16H16ClIN2O4S. The molecule has 0 fully saturated rings. The highest BCUT2D eigenvalue weighted by atomic mass is 127. The summed E-state index contributed by atoms with van der Waals surface area (Å²) in [6, 6.07) is 7.93. The summed E-state index contributed by atoms with van der Waals surface area (Å²) in [5, 5.41) is 28.8. The van der Waals surface area contributed by atoms with Crippen LogP contribution in [0.5, 0.6) is 11.5 Å². The first-order valence-corrected chi connectivity index (χ1v) is 10.4. The maximum Gasteiger partial charge on any atom is 0.238 e. The Hall–Kier alpha value is -1.07. The van der Waals surface area contributed by atoms with Crippen molar-refractivity contribution >= 4 is 44.2 Å². The van der Waals surface area contributed by atoms with E-state index in [0.29, 0.717) is 36.2 Å². The second kappa shape index (κ2) is 6.58. The molecule has 0 bridgehead atoms. The molecule has 1 aliphatic rings. The number of phenols is 2. The van der Waals surface area contributed by atoms with Crippen LogP contribution in [-0.4, -0.2) is 31.7 Å². The van der Waals surface area contributed by atoms with Crippen LogP contribution in [0, 0.1) is 0 Å². The number of halogens is 2. The van der Waals surface area contributed by atoms with Crippen LogP contribution >= 0.6 is 34.2 Å². The number of primary sulfonamides is 1. The first-order chi connectivity index (χ1) is 11.7. The minimum absolute atomic E-state index is 0.0164. The van der Waals surface area contributed by atoms with Gasteiger partial charge in [-0.05, 0) is 41.8 Å². The number of nitrogens with one attached hydrogen (secondary N) is 1. The number of alkyl halides is 1. The van der Waals surface area contributed by atoms with Crippen LogP contribution in [0.4, 0.5) is 0 Å². The van der Waals surface area contributed by atoms with Gasteiger partial charge in [0.1, 0.15) is 0 Å². The van der Waals surface area contributed by atoms with Crippen molar-refractivity contribution in [3.63, 3.8) is 0 Å². The van der Waals surface area contributed by atoms with Crippen molar-refractivity contribution < 1.29 is 18.6 Å². The normalized spacial score (nSPS) is 20.8. The lowest BCUT2D eigenvalue weighted by molar-refractivity contribution is 0.402. The van der Waals surface area contributed by atoms with Crippen LogP contribution in [0.25, 0.3) is 0 Å². The maximum atomic E-state index is 12.1. The minimum Gasteiger partial charge on any atom is -0.504 e. The third kappa shape index (κ3) is 3.21. The van der Waals surface area contributed by atoms with Gasteiger partial charge in [-0.15, -0.1) is 0 Å². The summed E-state index contributed by atoms with van der Waals surface area (Å²) in [6.07, 6.45) is 0.532. The van der Waals surface area contributed by atoms with Crippen LogP contribution in [-0.2, 0) is 19.9 Å². The van der Waals surface area contributed by atoms with Gasteiger partial charge in [-0.1, -0.05) is 52.4 Å². The highest BCUT2D eigenvalue weighted by Gasteiger charge is 2.39. The van der Waals surface area contributed by atoms with Gasteiger partial charge in [0.05, 0.1) is 13.3 Å².